The molecule has 2 aromatic rings. The topological polar surface area (TPSA) is 46.4 Å². The van der Waals surface area contributed by atoms with Gasteiger partial charge in [-0.1, -0.05) is 11.6 Å². The molecule has 7 heteroatoms. The van der Waals surface area contributed by atoms with Crippen LogP contribution in [0.25, 0.3) is 0 Å². The Balaban J connectivity index is 2.15. The SMILES string of the molecule is CN(Cc1cc(F)ccc1F)Cc1cc([N+](=O)[O-])ccc1Cl. The fraction of sp³-hybridized carbons (Fsp3) is 0.200. The van der Waals surface area contributed by atoms with Crippen LogP contribution in [-0.2, 0) is 13.1 Å². The first kappa shape index (κ1) is 16.3. The van der Waals surface area contributed by atoms with Crippen LogP contribution in [-0.4, -0.2) is 16.9 Å². The molecule has 4 nitrogen and oxygen atoms in total. The summed E-state index contributed by atoms with van der Waals surface area (Å²) in [7, 11) is 1.69. The number of nitrogens with zero attached hydrogens (tertiary/aromatic N) is 2. The maximum absolute atomic E-state index is 13.6. The number of nitro groups is 1. The molecule has 2 rings (SSSR count). The highest BCUT2D eigenvalue weighted by molar-refractivity contribution is 6.31. The van der Waals surface area contributed by atoms with Crippen LogP contribution < -0.4 is 0 Å². The number of benzene rings is 2. The summed E-state index contributed by atoms with van der Waals surface area (Å²) < 4.78 is 26.8. The zero-order chi connectivity index (χ0) is 16.3. The van der Waals surface area contributed by atoms with E-state index in [1.54, 1.807) is 11.9 Å². The summed E-state index contributed by atoms with van der Waals surface area (Å²) in [6.45, 7) is 0.430. The third kappa shape index (κ3) is 3.99. The van der Waals surface area contributed by atoms with Crippen molar-refractivity contribution in [3.05, 3.63) is 74.3 Å². The van der Waals surface area contributed by atoms with Crippen LogP contribution in [0.2, 0.25) is 5.02 Å². The van der Waals surface area contributed by atoms with Gasteiger partial charge >= 0.3 is 0 Å². The highest BCUT2D eigenvalue weighted by Gasteiger charge is 2.13. The quantitative estimate of drug-likeness (QED) is 0.612. The first-order chi connectivity index (χ1) is 10.4. The second-order valence-electron chi connectivity index (χ2n) is 4.94. The van der Waals surface area contributed by atoms with E-state index in [0.717, 1.165) is 18.2 Å². The van der Waals surface area contributed by atoms with E-state index in [0.29, 0.717) is 10.6 Å². The van der Waals surface area contributed by atoms with Crippen molar-refractivity contribution in [2.75, 3.05) is 7.05 Å². The van der Waals surface area contributed by atoms with Crippen LogP contribution in [0.1, 0.15) is 11.1 Å². The Morgan fingerprint density at radius 3 is 2.50 bits per heavy atom. The van der Waals surface area contributed by atoms with Gasteiger partial charge in [-0.2, -0.15) is 0 Å². The molecule has 0 atom stereocenters. The van der Waals surface area contributed by atoms with E-state index < -0.39 is 16.6 Å². The van der Waals surface area contributed by atoms with Crippen molar-refractivity contribution in [3.63, 3.8) is 0 Å². The molecule has 0 radical (unpaired) electrons. The molecule has 0 spiro atoms. The van der Waals surface area contributed by atoms with Gasteiger partial charge in [0, 0.05) is 35.8 Å². The normalized spacial score (nSPS) is 11.0. The molecule has 0 aliphatic heterocycles. The maximum Gasteiger partial charge on any atom is 0.269 e. The first-order valence-corrected chi connectivity index (χ1v) is 6.80. The van der Waals surface area contributed by atoms with Gasteiger partial charge in [0.2, 0.25) is 0 Å². The van der Waals surface area contributed by atoms with Gasteiger partial charge in [-0.3, -0.25) is 15.0 Å². The molecule has 0 aliphatic rings. The molecule has 22 heavy (non-hydrogen) atoms. The lowest BCUT2D eigenvalue weighted by Gasteiger charge is -2.18. The van der Waals surface area contributed by atoms with Crippen molar-refractivity contribution in [2.45, 2.75) is 13.1 Å². The summed E-state index contributed by atoms with van der Waals surface area (Å²) in [6.07, 6.45) is 0. The van der Waals surface area contributed by atoms with Gasteiger partial charge in [0.05, 0.1) is 4.92 Å². The number of hydrogen-bond donors (Lipinski definition) is 0. The van der Waals surface area contributed by atoms with E-state index in [1.807, 2.05) is 0 Å². The summed E-state index contributed by atoms with van der Waals surface area (Å²) in [4.78, 5) is 12.0. The van der Waals surface area contributed by atoms with Gasteiger partial charge in [-0.05, 0) is 36.9 Å². The Morgan fingerprint density at radius 2 is 1.82 bits per heavy atom. The molecular formula is C15H13ClF2N2O2. The average Bonchev–Trinajstić information content (AvgIpc) is 2.45. The molecule has 0 saturated carbocycles. The predicted octanol–water partition coefficient (Wildman–Crippen LogP) is 4.16. The Labute approximate surface area is 131 Å². The minimum atomic E-state index is -0.516. The van der Waals surface area contributed by atoms with Crippen molar-refractivity contribution in [3.8, 4) is 0 Å². The minimum absolute atomic E-state index is 0.0651. The molecule has 0 N–H and O–H groups in total. The van der Waals surface area contributed by atoms with Crippen molar-refractivity contribution in [1.82, 2.24) is 4.90 Å². The van der Waals surface area contributed by atoms with Gasteiger partial charge in [0.15, 0.2) is 0 Å². The van der Waals surface area contributed by atoms with E-state index in [1.165, 1.54) is 18.2 Å². The summed E-state index contributed by atoms with van der Waals surface area (Å²) >= 11 is 6.02. The van der Waals surface area contributed by atoms with Crippen molar-refractivity contribution in [2.24, 2.45) is 0 Å². The van der Waals surface area contributed by atoms with Gasteiger partial charge in [0.25, 0.3) is 5.69 Å². The number of hydrogen-bond acceptors (Lipinski definition) is 3. The standard InChI is InChI=1S/C15H13ClF2N2O2/c1-19(9-11-6-12(17)2-5-15(11)18)8-10-7-13(20(21)22)3-4-14(10)16/h2-7H,8-9H2,1H3. The molecule has 0 unspecified atom stereocenters. The fourth-order valence-corrected chi connectivity index (χ4v) is 2.28. The summed E-state index contributed by atoms with van der Waals surface area (Å²) in [5.41, 5.74) is 0.698. The van der Waals surface area contributed by atoms with Crippen LogP contribution in [0.3, 0.4) is 0 Å². The molecule has 0 fully saturated rings. The molecule has 0 saturated heterocycles. The minimum Gasteiger partial charge on any atom is -0.298 e. The highest BCUT2D eigenvalue weighted by Crippen LogP contribution is 2.24. The zero-order valence-electron chi connectivity index (χ0n) is 11.7. The van der Waals surface area contributed by atoms with E-state index >= 15 is 0 Å². The zero-order valence-corrected chi connectivity index (χ0v) is 12.5. The lowest BCUT2D eigenvalue weighted by molar-refractivity contribution is -0.384. The average molecular weight is 327 g/mol. The molecule has 2 aromatic carbocycles. The molecule has 116 valence electrons. The Kier molecular flexibility index (Phi) is 5.05. The lowest BCUT2D eigenvalue weighted by atomic mass is 10.1. The largest absolute Gasteiger partial charge is 0.298 e. The van der Waals surface area contributed by atoms with E-state index in [4.69, 9.17) is 11.6 Å². The van der Waals surface area contributed by atoms with Crippen molar-refractivity contribution < 1.29 is 13.7 Å². The highest BCUT2D eigenvalue weighted by atomic mass is 35.5. The lowest BCUT2D eigenvalue weighted by Crippen LogP contribution is -2.18. The van der Waals surface area contributed by atoms with E-state index in [2.05, 4.69) is 0 Å². The van der Waals surface area contributed by atoms with Crippen molar-refractivity contribution >= 4 is 17.3 Å². The predicted molar refractivity (Wildman–Crippen MR) is 79.6 cm³/mol. The molecule has 0 aromatic heterocycles. The Hall–Kier alpha value is -2.05. The van der Waals surface area contributed by atoms with E-state index in [-0.39, 0.29) is 24.3 Å². The van der Waals surface area contributed by atoms with Gasteiger partial charge in [-0.25, -0.2) is 8.78 Å². The Morgan fingerprint density at radius 1 is 1.14 bits per heavy atom. The third-order valence-corrected chi connectivity index (χ3v) is 3.50. The van der Waals surface area contributed by atoms with E-state index in [9.17, 15) is 18.9 Å². The van der Waals surface area contributed by atoms with Gasteiger partial charge in [-0.15, -0.1) is 0 Å². The van der Waals surface area contributed by atoms with Crippen LogP contribution in [0, 0.1) is 21.7 Å². The summed E-state index contributed by atoms with van der Waals surface area (Å²) in [5.74, 6) is -1.02. The van der Waals surface area contributed by atoms with Crippen LogP contribution in [0.4, 0.5) is 14.5 Å². The van der Waals surface area contributed by atoms with Crippen LogP contribution >= 0.6 is 11.6 Å². The summed E-state index contributed by atoms with van der Waals surface area (Å²) in [6, 6.07) is 7.39. The first-order valence-electron chi connectivity index (χ1n) is 6.42. The monoisotopic (exact) mass is 326 g/mol. The van der Waals surface area contributed by atoms with Gasteiger partial charge in [0.1, 0.15) is 11.6 Å². The molecule has 0 bridgehead atoms. The second kappa shape index (κ2) is 6.81. The fourth-order valence-electron chi connectivity index (χ4n) is 2.10. The molecule has 0 heterocycles. The summed E-state index contributed by atoms with van der Waals surface area (Å²) in [5, 5.41) is 11.2. The number of halogens is 3. The second-order valence-corrected chi connectivity index (χ2v) is 5.35. The number of nitro benzene ring substituents is 1. The maximum atomic E-state index is 13.6. The molecular weight excluding hydrogens is 314 g/mol. The number of non-ortho nitro benzene ring substituents is 1. The molecule has 0 aliphatic carbocycles. The van der Waals surface area contributed by atoms with Gasteiger partial charge < -0.3 is 0 Å². The smallest absolute Gasteiger partial charge is 0.269 e. The molecule has 0 amide bonds. The van der Waals surface area contributed by atoms with Crippen LogP contribution in [0.5, 0.6) is 0 Å². The van der Waals surface area contributed by atoms with Crippen molar-refractivity contribution in [1.29, 1.82) is 0 Å². The number of rotatable bonds is 5. The Bertz CT molecular complexity index is 710. The third-order valence-electron chi connectivity index (χ3n) is 3.13. The van der Waals surface area contributed by atoms with Crippen LogP contribution in [0.15, 0.2) is 36.4 Å².